The van der Waals surface area contributed by atoms with Crippen LogP contribution >= 0.6 is 0 Å². The van der Waals surface area contributed by atoms with Crippen molar-refractivity contribution in [3.8, 4) is 11.4 Å². The Morgan fingerprint density at radius 2 is 1.63 bits per heavy atom. The quantitative estimate of drug-likeness (QED) is 0.467. The van der Waals surface area contributed by atoms with Crippen molar-refractivity contribution in [2.24, 2.45) is 0 Å². The van der Waals surface area contributed by atoms with E-state index in [0.717, 1.165) is 16.8 Å². The molecule has 202 valence electrons. The van der Waals surface area contributed by atoms with Crippen molar-refractivity contribution in [3.63, 3.8) is 0 Å². The molecular weight excluding hydrogens is 506 g/mol. The van der Waals surface area contributed by atoms with Gasteiger partial charge in [-0.25, -0.2) is 13.2 Å². The number of hydrogen-bond acceptors (Lipinski definition) is 8. The zero-order chi connectivity index (χ0) is 27.1. The van der Waals surface area contributed by atoms with Gasteiger partial charge in [0.25, 0.3) is 0 Å². The van der Waals surface area contributed by atoms with E-state index in [2.05, 4.69) is 35.8 Å². The van der Waals surface area contributed by atoms with Gasteiger partial charge in [-0.2, -0.15) is 9.29 Å². The highest BCUT2D eigenvalue weighted by Gasteiger charge is 2.35. The number of carbonyl (C=O) groups excluding carboxylic acids is 1. The zero-order valence-corrected chi connectivity index (χ0v) is 22.9. The second-order valence-electron chi connectivity index (χ2n) is 10.8. The summed E-state index contributed by atoms with van der Waals surface area (Å²) in [6, 6.07) is 14.5. The number of aryl methyl sites for hydroxylation is 1. The normalized spacial score (nSPS) is 19.6. The Bertz CT molecular complexity index is 1390. The minimum absolute atomic E-state index is 0.0366. The van der Waals surface area contributed by atoms with Crippen LogP contribution < -0.4 is 4.90 Å². The lowest BCUT2D eigenvalue weighted by Crippen LogP contribution is -2.50. The minimum atomic E-state index is -3.55. The van der Waals surface area contributed by atoms with Crippen molar-refractivity contribution in [2.45, 2.75) is 44.1 Å². The Morgan fingerprint density at radius 3 is 2.21 bits per heavy atom. The number of anilines is 1. The molecule has 1 amide bonds. The number of hydrogen-bond donors (Lipinski definition) is 0. The van der Waals surface area contributed by atoms with Crippen LogP contribution in [-0.2, 0) is 20.2 Å². The third kappa shape index (κ3) is 5.45. The molecule has 2 aliphatic rings. The molecule has 1 atom stereocenters. The molecule has 1 aromatic heterocycles. The predicted molar refractivity (Wildman–Crippen MR) is 142 cm³/mol. The van der Waals surface area contributed by atoms with Gasteiger partial charge in [0.1, 0.15) is 6.10 Å². The van der Waals surface area contributed by atoms with Gasteiger partial charge in [0.15, 0.2) is 0 Å². The molecule has 2 aliphatic heterocycles. The molecule has 3 heterocycles. The van der Waals surface area contributed by atoms with E-state index in [9.17, 15) is 13.2 Å². The van der Waals surface area contributed by atoms with Crippen LogP contribution in [0.4, 0.5) is 10.5 Å². The van der Waals surface area contributed by atoms with Crippen LogP contribution in [0.3, 0.4) is 0 Å². The van der Waals surface area contributed by atoms with Crippen LogP contribution in [-0.4, -0.2) is 79.2 Å². The molecule has 0 saturated carbocycles. The summed E-state index contributed by atoms with van der Waals surface area (Å²) in [5, 5.41) is 3.92. The number of cyclic esters (lactones) is 1. The number of benzene rings is 2. The first-order valence-corrected chi connectivity index (χ1v) is 14.2. The van der Waals surface area contributed by atoms with Crippen LogP contribution in [0.1, 0.15) is 32.2 Å². The van der Waals surface area contributed by atoms with Crippen molar-refractivity contribution in [3.05, 3.63) is 60.0 Å². The molecule has 3 aromatic rings. The van der Waals surface area contributed by atoms with Crippen molar-refractivity contribution in [1.82, 2.24) is 19.3 Å². The fourth-order valence-electron chi connectivity index (χ4n) is 4.75. The average molecular weight is 540 g/mol. The summed E-state index contributed by atoms with van der Waals surface area (Å²) in [4.78, 5) is 20.9. The molecule has 0 spiro atoms. The number of carbonyl (C=O) groups is 1. The maximum atomic E-state index is 13.2. The van der Waals surface area contributed by atoms with E-state index in [1.807, 2.05) is 36.4 Å². The lowest BCUT2D eigenvalue weighted by Gasteiger charge is -2.34. The summed E-state index contributed by atoms with van der Waals surface area (Å²) in [5.74, 6) is 0.988. The van der Waals surface area contributed by atoms with E-state index < -0.39 is 16.1 Å². The lowest BCUT2D eigenvalue weighted by molar-refractivity contribution is 0.0937. The van der Waals surface area contributed by atoms with Crippen LogP contribution in [0.5, 0.6) is 0 Å². The third-order valence-electron chi connectivity index (χ3n) is 6.99. The number of aromatic nitrogens is 2. The average Bonchev–Trinajstić information content (AvgIpc) is 3.49. The predicted octanol–water partition coefficient (Wildman–Crippen LogP) is 3.67. The zero-order valence-electron chi connectivity index (χ0n) is 22.1. The number of nitrogens with zero attached hydrogens (tertiary/aromatic N) is 5. The van der Waals surface area contributed by atoms with E-state index in [1.165, 1.54) is 4.31 Å². The summed E-state index contributed by atoms with van der Waals surface area (Å²) in [6.07, 6.45) is -0.687. The van der Waals surface area contributed by atoms with Gasteiger partial charge in [0.2, 0.25) is 21.7 Å². The van der Waals surface area contributed by atoms with Gasteiger partial charge in [-0.15, -0.1) is 0 Å². The summed E-state index contributed by atoms with van der Waals surface area (Å²) in [6.45, 7) is 11.0. The van der Waals surface area contributed by atoms with Crippen LogP contribution in [0, 0.1) is 6.92 Å². The summed E-state index contributed by atoms with van der Waals surface area (Å²) in [5.41, 5.74) is 2.59. The van der Waals surface area contributed by atoms with Crippen molar-refractivity contribution in [1.29, 1.82) is 0 Å². The smallest absolute Gasteiger partial charge is 0.414 e. The van der Waals surface area contributed by atoms with Crippen LogP contribution in [0.15, 0.2) is 57.9 Å². The molecule has 5 rings (SSSR count). The summed E-state index contributed by atoms with van der Waals surface area (Å²) in [7, 11) is -3.55. The SMILES string of the molecule is Cc1nc(-c2ccc(N3CC(CN4CCN(S(=O)(=O)c5ccc(C(C)(C)C)cc5)CC4)OC3=O)cc2)no1. The first-order valence-electron chi connectivity index (χ1n) is 12.7. The number of ether oxygens (including phenoxy) is 1. The molecule has 2 aromatic carbocycles. The Kier molecular flexibility index (Phi) is 7.01. The van der Waals surface area contributed by atoms with Crippen molar-refractivity contribution in [2.75, 3.05) is 44.2 Å². The first-order chi connectivity index (χ1) is 18.0. The van der Waals surface area contributed by atoms with Crippen LogP contribution in [0.2, 0.25) is 0 Å². The molecular formula is C27H33N5O5S. The molecule has 2 fully saturated rings. The standard InChI is InChI=1S/C27H33N5O5S/c1-19-28-25(29-37-19)20-5-9-22(10-6-20)32-18-23(36-26(32)33)17-30-13-15-31(16-14-30)38(34,35)24-11-7-21(8-12-24)27(2,3)4/h5-12,23H,13-18H2,1-4H3. The Labute approximate surface area is 223 Å². The van der Waals surface area contributed by atoms with Crippen molar-refractivity contribution < 1.29 is 22.5 Å². The number of amides is 1. The molecule has 0 radical (unpaired) electrons. The fraction of sp³-hybridized carbons (Fsp3) is 0.444. The molecule has 2 saturated heterocycles. The molecule has 1 unspecified atom stereocenters. The highest BCUT2D eigenvalue weighted by Crippen LogP contribution is 2.27. The van der Waals surface area contributed by atoms with Gasteiger partial charge >= 0.3 is 6.09 Å². The fourth-order valence-corrected chi connectivity index (χ4v) is 6.17. The Balaban J connectivity index is 1.15. The van der Waals surface area contributed by atoms with E-state index >= 15 is 0 Å². The monoisotopic (exact) mass is 539 g/mol. The van der Waals surface area contributed by atoms with Gasteiger partial charge in [-0.1, -0.05) is 38.1 Å². The summed E-state index contributed by atoms with van der Waals surface area (Å²) < 4.78 is 38.5. The van der Waals surface area contributed by atoms with Crippen molar-refractivity contribution >= 4 is 21.8 Å². The molecule has 11 heteroatoms. The topological polar surface area (TPSA) is 109 Å². The summed E-state index contributed by atoms with van der Waals surface area (Å²) >= 11 is 0. The molecule has 0 bridgehead atoms. The van der Waals surface area contributed by atoms with E-state index in [1.54, 1.807) is 24.0 Å². The van der Waals surface area contributed by atoms with Gasteiger partial charge in [-0.05, 0) is 47.4 Å². The minimum Gasteiger partial charge on any atom is -0.443 e. The second-order valence-corrected chi connectivity index (χ2v) is 12.7. The lowest BCUT2D eigenvalue weighted by atomic mass is 9.87. The van der Waals surface area contributed by atoms with E-state index in [-0.39, 0.29) is 11.5 Å². The number of rotatable bonds is 6. The third-order valence-corrected chi connectivity index (χ3v) is 8.90. The largest absolute Gasteiger partial charge is 0.443 e. The molecule has 10 nitrogen and oxygen atoms in total. The Hall–Kier alpha value is -3.28. The molecule has 0 N–H and O–H groups in total. The number of piperazine rings is 1. The van der Waals surface area contributed by atoms with Gasteiger partial charge in [0.05, 0.1) is 11.4 Å². The van der Waals surface area contributed by atoms with E-state index in [0.29, 0.717) is 55.9 Å². The van der Waals surface area contributed by atoms with Gasteiger partial charge in [0, 0.05) is 50.9 Å². The molecule has 0 aliphatic carbocycles. The maximum Gasteiger partial charge on any atom is 0.414 e. The first kappa shape index (κ1) is 26.3. The Morgan fingerprint density at radius 1 is 0.974 bits per heavy atom. The highest BCUT2D eigenvalue weighted by molar-refractivity contribution is 7.89. The number of sulfonamides is 1. The second kappa shape index (κ2) is 10.1. The maximum absolute atomic E-state index is 13.2. The van der Waals surface area contributed by atoms with Gasteiger partial charge in [-0.3, -0.25) is 9.80 Å². The van der Waals surface area contributed by atoms with E-state index in [4.69, 9.17) is 9.26 Å². The van der Waals surface area contributed by atoms with Gasteiger partial charge < -0.3 is 9.26 Å². The van der Waals surface area contributed by atoms with Crippen LogP contribution in [0.25, 0.3) is 11.4 Å². The highest BCUT2D eigenvalue weighted by atomic mass is 32.2. The molecule has 38 heavy (non-hydrogen) atoms.